The zero-order valence-corrected chi connectivity index (χ0v) is 15.4. The Hall–Kier alpha value is -1.70. The van der Waals surface area contributed by atoms with Crippen LogP contribution in [0.5, 0.6) is 0 Å². The van der Waals surface area contributed by atoms with Crippen molar-refractivity contribution in [2.75, 3.05) is 17.2 Å². The van der Waals surface area contributed by atoms with Crippen LogP contribution in [0.15, 0.2) is 35.6 Å². The first-order valence-corrected chi connectivity index (χ1v) is 9.31. The molecule has 6 nitrogen and oxygen atoms in total. The van der Waals surface area contributed by atoms with Crippen LogP contribution in [0.4, 0.5) is 5.69 Å². The van der Waals surface area contributed by atoms with Gasteiger partial charge in [0, 0.05) is 48.4 Å². The fourth-order valence-electron chi connectivity index (χ4n) is 3.42. The lowest BCUT2D eigenvalue weighted by Gasteiger charge is -2.27. The molecule has 0 saturated heterocycles. The van der Waals surface area contributed by atoms with Crippen LogP contribution in [-0.4, -0.2) is 40.3 Å². The summed E-state index contributed by atoms with van der Waals surface area (Å²) in [6.07, 6.45) is 8.69. The SMILES string of the molecule is Cl.N[C@H]1CCC[C@H]1NC(=O)C1=CN(c2ccnc3[nH]ccc23)CCS1. The number of nitrogens with two attached hydrogens (primary N) is 1. The first-order chi connectivity index (χ1) is 11.7. The van der Waals surface area contributed by atoms with Gasteiger partial charge in [0.15, 0.2) is 0 Å². The Bertz CT molecular complexity index is 792. The Balaban J connectivity index is 0.00000182. The van der Waals surface area contributed by atoms with Crippen molar-refractivity contribution in [1.82, 2.24) is 15.3 Å². The molecule has 0 bridgehead atoms. The summed E-state index contributed by atoms with van der Waals surface area (Å²) >= 11 is 1.60. The van der Waals surface area contributed by atoms with Crippen LogP contribution in [-0.2, 0) is 4.79 Å². The van der Waals surface area contributed by atoms with Crippen LogP contribution in [0, 0.1) is 0 Å². The number of H-pyrrole nitrogens is 1. The van der Waals surface area contributed by atoms with E-state index in [1.54, 1.807) is 18.0 Å². The highest BCUT2D eigenvalue weighted by Gasteiger charge is 2.27. The van der Waals surface area contributed by atoms with E-state index >= 15 is 0 Å². The molecule has 1 amide bonds. The molecule has 2 aromatic heterocycles. The summed E-state index contributed by atoms with van der Waals surface area (Å²) in [5.74, 6) is 0.871. The molecule has 0 spiro atoms. The molecule has 1 fully saturated rings. The molecule has 0 radical (unpaired) electrons. The minimum absolute atomic E-state index is 0. The summed E-state index contributed by atoms with van der Waals surface area (Å²) in [7, 11) is 0. The number of thioether (sulfide) groups is 1. The quantitative estimate of drug-likeness (QED) is 0.762. The largest absolute Gasteiger partial charge is 0.347 e. The third-order valence-electron chi connectivity index (χ3n) is 4.72. The number of fused-ring (bicyclic) bond motifs is 1. The smallest absolute Gasteiger partial charge is 0.259 e. The number of carbonyl (C=O) groups is 1. The minimum atomic E-state index is -0.00795. The van der Waals surface area contributed by atoms with E-state index in [0.717, 1.165) is 53.2 Å². The highest BCUT2D eigenvalue weighted by molar-refractivity contribution is 8.04. The molecule has 134 valence electrons. The number of carbonyl (C=O) groups excluding carboxylic acids is 1. The highest BCUT2D eigenvalue weighted by Crippen LogP contribution is 2.30. The van der Waals surface area contributed by atoms with E-state index < -0.39 is 0 Å². The standard InChI is InChI=1S/C17H21N5OS.ClH/c18-12-2-1-3-13(12)21-17(23)15-10-22(8-9-24-15)14-5-7-20-16-11(14)4-6-19-16;/h4-7,10,12-13H,1-3,8-9,18H2,(H,19,20)(H,21,23);1H/t12-,13+;/m0./s1. The second-order valence-electron chi connectivity index (χ2n) is 6.28. The van der Waals surface area contributed by atoms with Gasteiger partial charge in [-0.15, -0.1) is 24.2 Å². The zero-order chi connectivity index (χ0) is 16.5. The number of hydrogen-bond acceptors (Lipinski definition) is 5. The van der Waals surface area contributed by atoms with Gasteiger partial charge in [0.25, 0.3) is 5.91 Å². The summed E-state index contributed by atoms with van der Waals surface area (Å²) in [6, 6.07) is 4.20. The van der Waals surface area contributed by atoms with Gasteiger partial charge in [-0.05, 0) is 31.4 Å². The lowest BCUT2D eigenvalue weighted by molar-refractivity contribution is -0.117. The molecule has 4 N–H and O–H groups in total. The fraction of sp³-hybridized carbons (Fsp3) is 0.412. The molecule has 1 aliphatic carbocycles. The molecule has 1 aliphatic heterocycles. The molecule has 2 aliphatic rings. The molecule has 8 heteroatoms. The molecular weight excluding hydrogens is 358 g/mol. The molecule has 0 unspecified atom stereocenters. The number of aromatic nitrogens is 2. The summed E-state index contributed by atoms with van der Waals surface area (Å²) in [6.45, 7) is 0.870. The predicted molar refractivity (Wildman–Crippen MR) is 105 cm³/mol. The lowest BCUT2D eigenvalue weighted by atomic mass is 10.2. The molecule has 0 aromatic carbocycles. The van der Waals surface area contributed by atoms with Crippen molar-refractivity contribution in [2.24, 2.45) is 5.73 Å². The average Bonchev–Trinajstić information content (AvgIpc) is 3.24. The topological polar surface area (TPSA) is 87.0 Å². The van der Waals surface area contributed by atoms with Crippen molar-refractivity contribution in [3.8, 4) is 0 Å². The predicted octanol–water partition coefficient (Wildman–Crippen LogP) is 2.38. The van der Waals surface area contributed by atoms with Gasteiger partial charge in [0.2, 0.25) is 0 Å². The van der Waals surface area contributed by atoms with Crippen LogP contribution in [0.25, 0.3) is 11.0 Å². The van der Waals surface area contributed by atoms with E-state index in [-0.39, 0.29) is 30.4 Å². The third kappa shape index (κ3) is 3.63. The van der Waals surface area contributed by atoms with Gasteiger partial charge in [0.05, 0.1) is 10.6 Å². The van der Waals surface area contributed by atoms with Crippen LogP contribution < -0.4 is 16.0 Å². The number of nitrogens with zero attached hydrogens (tertiary/aromatic N) is 2. The maximum absolute atomic E-state index is 12.6. The second kappa shape index (κ2) is 7.68. The number of anilines is 1. The molecule has 1 saturated carbocycles. The van der Waals surface area contributed by atoms with Crippen molar-refractivity contribution in [2.45, 2.75) is 31.3 Å². The van der Waals surface area contributed by atoms with Gasteiger partial charge in [0.1, 0.15) is 5.65 Å². The van der Waals surface area contributed by atoms with Crippen molar-refractivity contribution >= 4 is 46.8 Å². The Labute approximate surface area is 157 Å². The monoisotopic (exact) mass is 379 g/mol. The van der Waals surface area contributed by atoms with Crippen LogP contribution in [0.1, 0.15) is 19.3 Å². The Kier molecular flexibility index (Phi) is 5.56. The molecule has 2 aromatic rings. The Morgan fingerprint density at radius 1 is 1.40 bits per heavy atom. The van der Waals surface area contributed by atoms with E-state index in [1.807, 2.05) is 24.5 Å². The maximum Gasteiger partial charge on any atom is 0.259 e. The number of pyridine rings is 1. The van der Waals surface area contributed by atoms with Gasteiger partial charge in [-0.3, -0.25) is 4.79 Å². The van der Waals surface area contributed by atoms with E-state index in [9.17, 15) is 4.79 Å². The summed E-state index contributed by atoms with van der Waals surface area (Å²) in [5.41, 5.74) is 8.00. The minimum Gasteiger partial charge on any atom is -0.347 e. The number of halogens is 1. The van der Waals surface area contributed by atoms with Gasteiger partial charge in [-0.2, -0.15) is 0 Å². The summed E-state index contributed by atoms with van der Waals surface area (Å²) < 4.78 is 0. The maximum atomic E-state index is 12.6. The zero-order valence-electron chi connectivity index (χ0n) is 13.8. The number of nitrogens with one attached hydrogen (secondary N) is 2. The number of aromatic amines is 1. The van der Waals surface area contributed by atoms with Crippen LogP contribution >= 0.6 is 24.2 Å². The lowest BCUT2D eigenvalue weighted by Crippen LogP contribution is -2.44. The first kappa shape index (κ1) is 18.1. The highest BCUT2D eigenvalue weighted by atomic mass is 35.5. The Morgan fingerprint density at radius 3 is 3.08 bits per heavy atom. The summed E-state index contributed by atoms with van der Waals surface area (Å²) in [4.78, 5) is 22.9. The van der Waals surface area contributed by atoms with Gasteiger partial charge in [-0.1, -0.05) is 0 Å². The van der Waals surface area contributed by atoms with Crippen molar-refractivity contribution in [3.05, 3.63) is 35.6 Å². The normalized spacial score (nSPS) is 23.2. The molecule has 2 atom stereocenters. The number of hydrogen-bond donors (Lipinski definition) is 3. The number of rotatable bonds is 3. The van der Waals surface area contributed by atoms with Crippen molar-refractivity contribution < 1.29 is 4.79 Å². The molecule has 4 rings (SSSR count). The molecule has 3 heterocycles. The average molecular weight is 380 g/mol. The first-order valence-electron chi connectivity index (χ1n) is 8.32. The van der Waals surface area contributed by atoms with E-state index in [2.05, 4.69) is 20.2 Å². The van der Waals surface area contributed by atoms with E-state index in [0.29, 0.717) is 0 Å². The Morgan fingerprint density at radius 2 is 2.28 bits per heavy atom. The summed E-state index contributed by atoms with van der Waals surface area (Å²) in [5, 5.41) is 4.17. The van der Waals surface area contributed by atoms with Gasteiger partial charge >= 0.3 is 0 Å². The van der Waals surface area contributed by atoms with Gasteiger partial charge < -0.3 is 20.9 Å². The van der Waals surface area contributed by atoms with Crippen molar-refractivity contribution in [3.63, 3.8) is 0 Å². The molecule has 25 heavy (non-hydrogen) atoms. The van der Waals surface area contributed by atoms with E-state index in [1.165, 1.54) is 0 Å². The van der Waals surface area contributed by atoms with E-state index in [4.69, 9.17) is 5.73 Å². The number of amides is 1. The van der Waals surface area contributed by atoms with Crippen LogP contribution in [0.2, 0.25) is 0 Å². The van der Waals surface area contributed by atoms with Crippen LogP contribution in [0.3, 0.4) is 0 Å². The second-order valence-corrected chi connectivity index (χ2v) is 7.42. The van der Waals surface area contributed by atoms with Gasteiger partial charge in [-0.25, -0.2) is 4.98 Å². The van der Waals surface area contributed by atoms with Crippen molar-refractivity contribution in [1.29, 1.82) is 0 Å². The fourth-order valence-corrected chi connectivity index (χ4v) is 4.32. The molecular formula is C17H22ClN5OS. The third-order valence-corrected chi connectivity index (χ3v) is 5.71.